The minimum Gasteiger partial charge on any atom is -0.494 e. The molecule has 1 aliphatic heterocycles. The number of anilines is 2. The Morgan fingerprint density at radius 2 is 1.95 bits per heavy atom. The summed E-state index contributed by atoms with van der Waals surface area (Å²) in [5.41, 5.74) is 4.27. The number of aryl methyl sites for hydroxylation is 1. The summed E-state index contributed by atoms with van der Waals surface area (Å²) in [5.74, 6) is 0.289. The highest BCUT2D eigenvalue weighted by atomic mass is 19.1. The van der Waals surface area contributed by atoms with Gasteiger partial charge in [0.05, 0.1) is 25.1 Å². The molecule has 9 nitrogen and oxygen atoms in total. The molecule has 1 amide bonds. The monoisotopic (exact) mass is 518 g/mol. The lowest BCUT2D eigenvalue weighted by Gasteiger charge is -2.35. The number of methoxy groups -OCH3 is 1. The van der Waals surface area contributed by atoms with Gasteiger partial charge in [0.1, 0.15) is 0 Å². The Hall–Kier alpha value is -4.02. The molecule has 38 heavy (non-hydrogen) atoms. The van der Waals surface area contributed by atoms with Gasteiger partial charge in [-0.2, -0.15) is 0 Å². The Kier molecular flexibility index (Phi) is 7.26. The van der Waals surface area contributed by atoms with Gasteiger partial charge in [-0.25, -0.2) is 14.4 Å². The maximum absolute atomic E-state index is 14.3. The molecule has 1 aliphatic rings. The van der Waals surface area contributed by atoms with Crippen LogP contribution in [0.3, 0.4) is 0 Å². The SMILES string of the molecule is COc1ccc(-c2cnc3c(Nc4ccc(C(=O)N5CCN(C[C@H](C)O)CC5)c(C)c4)nccn23)cc1F. The Bertz CT molecular complexity index is 1460. The number of benzene rings is 2. The maximum atomic E-state index is 14.3. The predicted molar refractivity (Wildman–Crippen MR) is 143 cm³/mol. The Balaban J connectivity index is 1.33. The van der Waals surface area contributed by atoms with E-state index in [1.165, 1.54) is 13.2 Å². The van der Waals surface area contributed by atoms with Crippen molar-refractivity contribution in [1.82, 2.24) is 24.2 Å². The van der Waals surface area contributed by atoms with E-state index in [2.05, 4.69) is 20.2 Å². The molecule has 1 fully saturated rings. The van der Waals surface area contributed by atoms with Crippen molar-refractivity contribution in [2.75, 3.05) is 45.2 Å². The number of hydrogen-bond acceptors (Lipinski definition) is 7. The summed E-state index contributed by atoms with van der Waals surface area (Å²) in [5, 5.41) is 12.9. The smallest absolute Gasteiger partial charge is 0.254 e. The van der Waals surface area contributed by atoms with E-state index in [0.717, 1.165) is 30.0 Å². The number of aliphatic hydroxyl groups excluding tert-OH is 1. The highest BCUT2D eigenvalue weighted by Crippen LogP contribution is 2.29. The van der Waals surface area contributed by atoms with Crippen LogP contribution in [0, 0.1) is 12.7 Å². The van der Waals surface area contributed by atoms with E-state index in [1.54, 1.807) is 37.6 Å². The average Bonchev–Trinajstić information content (AvgIpc) is 3.34. The van der Waals surface area contributed by atoms with Crippen molar-refractivity contribution < 1.29 is 19.0 Å². The van der Waals surface area contributed by atoms with Crippen LogP contribution in [0.1, 0.15) is 22.8 Å². The number of ether oxygens (including phenoxy) is 1. The number of nitrogens with zero attached hydrogens (tertiary/aromatic N) is 5. The van der Waals surface area contributed by atoms with E-state index in [9.17, 15) is 14.3 Å². The summed E-state index contributed by atoms with van der Waals surface area (Å²) in [4.78, 5) is 26.2. The minimum absolute atomic E-state index is 0.00981. The molecule has 2 aromatic carbocycles. The second-order valence-electron chi connectivity index (χ2n) is 9.56. The third-order valence-electron chi connectivity index (χ3n) is 6.78. The van der Waals surface area contributed by atoms with E-state index in [-0.39, 0.29) is 17.8 Å². The summed E-state index contributed by atoms with van der Waals surface area (Å²) in [6.07, 6.45) is 4.73. The number of halogens is 1. The lowest BCUT2D eigenvalue weighted by atomic mass is 10.1. The molecule has 2 N–H and O–H groups in total. The van der Waals surface area contributed by atoms with Crippen molar-refractivity contribution in [2.45, 2.75) is 20.0 Å². The number of amides is 1. The van der Waals surface area contributed by atoms with Gasteiger partial charge in [0.15, 0.2) is 23.0 Å². The van der Waals surface area contributed by atoms with Gasteiger partial charge in [-0.1, -0.05) is 0 Å². The number of piperazine rings is 1. The van der Waals surface area contributed by atoms with Gasteiger partial charge in [-0.15, -0.1) is 0 Å². The summed E-state index contributed by atoms with van der Waals surface area (Å²) in [7, 11) is 1.43. The van der Waals surface area contributed by atoms with Crippen LogP contribution in [0.4, 0.5) is 15.9 Å². The van der Waals surface area contributed by atoms with Crippen LogP contribution in [-0.4, -0.2) is 81.1 Å². The fraction of sp³-hybridized carbons (Fsp3) is 0.321. The zero-order valence-corrected chi connectivity index (χ0v) is 21.7. The fourth-order valence-corrected chi connectivity index (χ4v) is 4.84. The van der Waals surface area contributed by atoms with Crippen molar-refractivity contribution in [1.29, 1.82) is 0 Å². The fourth-order valence-electron chi connectivity index (χ4n) is 4.84. The van der Waals surface area contributed by atoms with Crippen LogP contribution in [0.15, 0.2) is 55.0 Å². The number of β-amino-alcohol motifs (C(OH)–C–C–N with tert-alkyl or cyclic N) is 1. The van der Waals surface area contributed by atoms with Crippen LogP contribution >= 0.6 is 0 Å². The molecule has 198 valence electrons. The molecular formula is C28H31FN6O3. The number of rotatable bonds is 7. The van der Waals surface area contributed by atoms with Crippen molar-refractivity contribution in [2.24, 2.45) is 0 Å². The Morgan fingerprint density at radius 3 is 2.63 bits per heavy atom. The van der Waals surface area contributed by atoms with Crippen LogP contribution in [0.5, 0.6) is 5.75 Å². The minimum atomic E-state index is -0.445. The molecule has 0 radical (unpaired) electrons. The quantitative estimate of drug-likeness (QED) is 0.385. The standard InChI is InChI=1S/C28H31FN6O3/c1-18-14-21(5-6-22(18)28(37)34-12-10-33(11-13-34)17-19(2)36)32-26-27-31-16-24(35(27)9-8-30-26)20-4-7-25(38-3)23(29)15-20/h4-9,14-16,19,36H,10-13,17H2,1-3H3,(H,30,32)/t19-/m0/s1. The molecule has 0 aliphatic carbocycles. The Labute approximate surface area is 220 Å². The lowest BCUT2D eigenvalue weighted by molar-refractivity contribution is 0.0553. The first-order valence-electron chi connectivity index (χ1n) is 12.6. The lowest BCUT2D eigenvalue weighted by Crippen LogP contribution is -2.50. The van der Waals surface area contributed by atoms with Crippen molar-refractivity contribution in [3.63, 3.8) is 0 Å². The van der Waals surface area contributed by atoms with Crippen LogP contribution in [0.2, 0.25) is 0 Å². The molecule has 0 saturated carbocycles. The van der Waals surface area contributed by atoms with Gasteiger partial charge in [0.2, 0.25) is 0 Å². The highest BCUT2D eigenvalue weighted by molar-refractivity contribution is 5.96. The summed E-state index contributed by atoms with van der Waals surface area (Å²) in [6, 6.07) is 10.4. The van der Waals surface area contributed by atoms with Crippen LogP contribution < -0.4 is 10.1 Å². The summed E-state index contributed by atoms with van der Waals surface area (Å²) >= 11 is 0. The number of aliphatic hydroxyl groups is 1. The third kappa shape index (κ3) is 5.18. The predicted octanol–water partition coefficient (Wildman–Crippen LogP) is 3.73. The molecule has 0 spiro atoms. The maximum Gasteiger partial charge on any atom is 0.254 e. The molecular weight excluding hydrogens is 487 g/mol. The number of imidazole rings is 1. The molecule has 2 aromatic heterocycles. The van der Waals surface area contributed by atoms with Crippen LogP contribution in [0.25, 0.3) is 16.9 Å². The summed E-state index contributed by atoms with van der Waals surface area (Å²) in [6.45, 7) is 7.09. The van der Waals surface area contributed by atoms with Gasteiger partial charge >= 0.3 is 0 Å². The third-order valence-corrected chi connectivity index (χ3v) is 6.78. The van der Waals surface area contributed by atoms with Crippen molar-refractivity contribution in [3.8, 4) is 17.0 Å². The summed E-state index contributed by atoms with van der Waals surface area (Å²) < 4.78 is 21.2. The first-order chi connectivity index (χ1) is 18.3. The average molecular weight is 519 g/mol. The number of nitrogens with one attached hydrogen (secondary N) is 1. The molecule has 0 bridgehead atoms. The van der Waals surface area contributed by atoms with E-state index < -0.39 is 5.82 Å². The first-order valence-corrected chi connectivity index (χ1v) is 12.6. The van der Waals surface area contributed by atoms with E-state index in [4.69, 9.17) is 4.74 Å². The number of aromatic nitrogens is 3. The number of carbonyl (C=O) groups excluding carboxylic acids is 1. The molecule has 4 aromatic rings. The first kappa shape index (κ1) is 25.6. The van der Waals surface area contributed by atoms with Gasteiger partial charge < -0.3 is 20.1 Å². The van der Waals surface area contributed by atoms with E-state index in [0.29, 0.717) is 42.2 Å². The topological polar surface area (TPSA) is 95.2 Å². The van der Waals surface area contributed by atoms with Crippen molar-refractivity contribution >= 4 is 23.1 Å². The largest absolute Gasteiger partial charge is 0.494 e. The zero-order chi connectivity index (χ0) is 26.8. The number of fused-ring (bicyclic) bond motifs is 1. The molecule has 5 rings (SSSR count). The van der Waals surface area contributed by atoms with Crippen molar-refractivity contribution in [3.05, 3.63) is 71.9 Å². The molecule has 3 heterocycles. The van der Waals surface area contributed by atoms with Gasteiger partial charge in [0.25, 0.3) is 5.91 Å². The van der Waals surface area contributed by atoms with Gasteiger partial charge in [-0.05, 0) is 55.8 Å². The van der Waals surface area contributed by atoms with Gasteiger partial charge in [-0.3, -0.25) is 14.1 Å². The normalized spacial score (nSPS) is 15.0. The number of carbonyl (C=O) groups is 1. The zero-order valence-electron chi connectivity index (χ0n) is 21.7. The molecule has 1 atom stereocenters. The highest BCUT2D eigenvalue weighted by Gasteiger charge is 2.24. The van der Waals surface area contributed by atoms with Gasteiger partial charge in [0, 0.05) is 61.9 Å². The second-order valence-corrected chi connectivity index (χ2v) is 9.56. The second kappa shape index (κ2) is 10.8. The molecule has 10 heteroatoms. The van der Waals surface area contributed by atoms with E-state index >= 15 is 0 Å². The molecule has 1 saturated heterocycles. The van der Waals surface area contributed by atoms with Crippen LogP contribution in [-0.2, 0) is 0 Å². The number of hydrogen-bond donors (Lipinski definition) is 2. The van der Waals surface area contributed by atoms with E-state index in [1.807, 2.05) is 34.4 Å². The Morgan fingerprint density at radius 1 is 1.16 bits per heavy atom. The molecule has 0 unspecified atom stereocenters.